The van der Waals surface area contributed by atoms with Crippen molar-refractivity contribution < 1.29 is 22.7 Å². The van der Waals surface area contributed by atoms with E-state index in [1.165, 1.54) is 24.3 Å². The predicted octanol–water partition coefficient (Wildman–Crippen LogP) is 5.07. The summed E-state index contributed by atoms with van der Waals surface area (Å²) in [7, 11) is -1.75. The quantitative estimate of drug-likeness (QED) is 0.473. The molecule has 7 heteroatoms. The number of aromatic nitrogens is 1. The minimum Gasteiger partial charge on any atom is -0.497 e. The molecule has 0 aliphatic heterocycles. The van der Waals surface area contributed by atoms with Crippen LogP contribution >= 0.6 is 0 Å². The normalized spacial score (nSPS) is 11.5. The van der Waals surface area contributed by atoms with Gasteiger partial charge in [-0.1, -0.05) is 24.3 Å². The van der Waals surface area contributed by atoms with E-state index in [1.54, 1.807) is 54.3 Å². The van der Waals surface area contributed by atoms with Crippen molar-refractivity contribution >= 4 is 9.84 Å². The van der Waals surface area contributed by atoms with Crippen molar-refractivity contribution in [2.75, 3.05) is 13.4 Å². The van der Waals surface area contributed by atoms with Gasteiger partial charge in [-0.05, 0) is 59.7 Å². The van der Waals surface area contributed by atoms with Gasteiger partial charge in [0, 0.05) is 23.7 Å². The van der Waals surface area contributed by atoms with Gasteiger partial charge in [-0.3, -0.25) is 4.57 Å². The van der Waals surface area contributed by atoms with Crippen molar-refractivity contribution in [3.63, 3.8) is 0 Å². The van der Waals surface area contributed by atoms with E-state index in [2.05, 4.69) is 0 Å². The Labute approximate surface area is 179 Å². The third-order valence-corrected chi connectivity index (χ3v) is 6.18. The van der Waals surface area contributed by atoms with E-state index in [1.807, 2.05) is 12.1 Å². The van der Waals surface area contributed by atoms with Crippen molar-refractivity contribution in [2.24, 2.45) is 0 Å². The summed E-state index contributed by atoms with van der Waals surface area (Å²) < 4.78 is 43.8. The number of sulfone groups is 1. The minimum absolute atomic E-state index is 0.0148. The highest BCUT2D eigenvalue weighted by Crippen LogP contribution is 2.42. The summed E-state index contributed by atoms with van der Waals surface area (Å²) in [5.74, 6) is 0.293. The van der Waals surface area contributed by atoms with E-state index in [0.717, 1.165) is 17.4 Å². The Kier molecular flexibility index (Phi) is 5.29. The highest BCUT2D eigenvalue weighted by atomic mass is 32.2. The van der Waals surface area contributed by atoms with Crippen LogP contribution in [0.3, 0.4) is 0 Å². The maximum atomic E-state index is 13.4. The molecule has 0 radical (unpaired) electrons. The summed E-state index contributed by atoms with van der Waals surface area (Å²) in [6.07, 6.45) is 2.90. The first-order valence-corrected chi connectivity index (χ1v) is 11.3. The molecule has 0 fully saturated rings. The third-order valence-electron chi connectivity index (χ3n) is 5.06. The molecule has 31 heavy (non-hydrogen) atoms. The van der Waals surface area contributed by atoms with Crippen LogP contribution in [-0.4, -0.2) is 31.5 Å². The fourth-order valence-corrected chi connectivity index (χ4v) is 4.07. The van der Waals surface area contributed by atoms with Crippen LogP contribution in [0.5, 0.6) is 11.6 Å². The number of nitrogens with zero attached hydrogens (tertiary/aromatic N) is 1. The van der Waals surface area contributed by atoms with Crippen molar-refractivity contribution in [2.45, 2.75) is 4.90 Å². The Hall–Kier alpha value is -3.58. The predicted molar refractivity (Wildman–Crippen MR) is 118 cm³/mol. The maximum Gasteiger partial charge on any atom is 0.204 e. The average molecular weight is 437 g/mol. The molecule has 0 saturated heterocycles. The van der Waals surface area contributed by atoms with Crippen LogP contribution in [0, 0.1) is 5.82 Å². The lowest BCUT2D eigenvalue weighted by Crippen LogP contribution is -1.96. The van der Waals surface area contributed by atoms with E-state index in [0.29, 0.717) is 22.6 Å². The smallest absolute Gasteiger partial charge is 0.204 e. The van der Waals surface area contributed by atoms with E-state index in [9.17, 15) is 17.9 Å². The Morgan fingerprint density at radius 2 is 1.45 bits per heavy atom. The van der Waals surface area contributed by atoms with Crippen molar-refractivity contribution in [1.82, 2.24) is 4.57 Å². The van der Waals surface area contributed by atoms with Crippen LogP contribution in [0.1, 0.15) is 0 Å². The number of rotatable bonds is 5. The highest BCUT2D eigenvalue weighted by molar-refractivity contribution is 7.90. The van der Waals surface area contributed by atoms with Crippen molar-refractivity contribution in [3.8, 4) is 39.6 Å². The van der Waals surface area contributed by atoms with Crippen LogP contribution in [0.2, 0.25) is 0 Å². The Morgan fingerprint density at radius 3 is 2.00 bits per heavy atom. The van der Waals surface area contributed by atoms with Crippen LogP contribution in [-0.2, 0) is 9.84 Å². The zero-order valence-electron chi connectivity index (χ0n) is 16.9. The summed E-state index contributed by atoms with van der Waals surface area (Å²) >= 11 is 0. The van der Waals surface area contributed by atoms with Crippen LogP contribution in [0.4, 0.5) is 4.39 Å². The second-order valence-corrected chi connectivity index (χ2v) is 9.13. The molecule has 0 saturated carbocycles. The van der Waals surface area contributed by atoms with Gasteiger partial charge < -0.3 is 9.84 Å². The van der Waals surface area contributed by atoms with Gasteiger partial charge in [-0.25, -0.2) is 12.8 Å². The van der Waals surface area contributed by atoms with Gasteiger partial charge in [0.1, 0.15) is 11.6 Å². The van der Waals surface area contributed by atoms with Crippen LogP contribution in [0.25, 0.3) is 27.9 Å². The maximum absolute atomic E-state index is 13.4. The molecule has 0 unspecified atom stereocenters. The molecule has 1 aromatic heterocycles. The monoisotopic (exact) mass is 437 g/mol. The molecule has 0 atom stereocenters. The second-order valence-electron chi connectivity index (χ2n) is 7.11. The van der Waals surface area contributed by atoms with Gasteiger partial charge in [-0.15, -0.1) is 0 Å². The SMILES string of the molecule is COc1ccc(-c2c(-c3ccc(S(C)(=O)=O)cc3)cn(-c3ccc(F)cc3)c2O)cc1. The largest absolute Gasteiger partial charge is 0.497 e. The van der Waals surface area contributed by atoms with E-state index in [-0.39, 0.29) is 16.6 Å². The van der Waals surface area contributed by atoms with Gasteiger partial charge in [0.05, 0.1) is 17.6 Å². The average Bonchev–Trinajstić information content (AvgIpc) is 3.11. The van der Waals surface area contributed by atoms with Crippen molar-refractivity contribution in [1.29, 1.82) is 0 Å². The lowest BCUT2D eigenvalue weighted by atomic mass is 9.98. The molecule has 0 aliphatic rings. The number of halogens is 1. The van der Waals surface area contributed by atoms with Gasteiger partial charge >= 0.3 is 0 Å². The Balaban J connectivity index is 1.91. The molecule has 1 heterocycles. The first kappa shape index (κ1) is 20.7. The second kappa shape index (κ2) is 7.92. The molecule has 5 nitrogen and oxygen atoms in total. The Bertz CT molecular complexity index is 1320. The van der Waals surface area contributed by atoms with Crippen molar-refractivity contribution in [3.05, 3.63) is 84.8 Å². The molecular weight excluding hydrogens is 417 g/mol. The number of aromatic hydroxyl groups is 1. The molecule has 0 spiro atoms. The van der Waals surface area contributed by atoms with Gasteiger partial charge in [0.15, 0.2) is 9.84 Å². The number of ether oxygens (including phenoxy) is 1. The van der Waals surface area contributed by atoms with Crippen LogP contribution < -0.4 is 4.74 Å². The van der Waals surface area contributed by atoms with Crippen LogP contribution in [0.15, 0.2) is 83.9 Å². The van der Waals surface area contributed by atoms with Gasteiger partial charge in [0.2, 0.25) is 5.88 Å². The fraction of sp³-hybridized carbons (Fsp3) is 0.0833. The molecular formula is C24H20FNO4S. The van der Waals surface area contributed by atoms with E-state index in [4.69, 9.17) is 4.74 Å². The molecule has 0 amide bonds. The molecule has 158 valence electrons. The van der Waals surface area contributed by atoms with Gasteiger partial charge in [-0.2, -0.15) is 0 Å². The third kappa shape index (κ3) is 4.04. The molecule has 0 aliphatic carbocycles. The summed E-state index contributed by atoms with van der Waals surface area (Å²) in [6, 6.07) is 19.5. The highest BCUT2D eigenvalue weighted by Gasteiger charge is 2.20. The molecule has 3 aromatic carbocycles. The van der Waals surface area contributed by atoms with E-state index >= 15 is 0 Å². The lowest BCUT2D eigenvalue weighted by molar-refractivity contribution is 0.415. The standard InChI is InChI=1S/C24H20FNO4S/c1-30-20-11-3-17(4-12-20)23-22(16-5-13-21(14-6-16)31(2,28)29)15-26(24(23)27)19-9-7-18(25)8-10-19/h3-15,27H,1-2H3. The summed E-state index contributed by atoms with van der Waals surface area (Å²) in [6.45, 7) is 0. The zero-order chi connectivity index (χ0) is 22.2. The summed E-state index contributed by atoms with van der Waals surface area (Å²) in [5, 5.41) is 11.1. The minimum atomic E-state index is -3.33. The number of hydrogen-bond acceptors (Lipinski definition) is 4. The van der Waals surface area contributed by atoms with Gasteiger partial charge in [0.25, 0.3) is 0 Å². The molecule has 1 N–H and O–H groups in total. The summed E-state index contributed by atoms with van der Waals surface area (Å²) in [4.78, 5) is 0.212. The molecule has 0 bridgehead atoms. The number of methoxy groups -OCH3 is 1. The fourth-order valence-electron chi connectivity index (χ4n) is 3.44. The number of hydrogen-bond donors (Lipinski definition) is 1. The molecule has 4 rings (SSSR count). The first-order chi connectivity index (χ1) is 14.8. The Morgan fingerprint density at radius 1 is 0.871 bits per heavy atom. The summed E-state index contributed by atoms with van der Waals surface area (Å²) in [5.41, 5.74) is 3.34. The molecule has 4 aromatic rings. The zero-order valence-corrected chi connectivity index (χ0v) is 17.7. The first-order valence-electron chi connectivity index (χ1n) is 9.43. The van der Waals surface area contributed by atoms with E-state index < -0.39 is 9.84 Å². The lowest BCUT2D eigenvalue weighted by Gasteiger charge is -2.08. The topological polar surface area (TPSA) is 68.5 Å². The number of benzene rings is 3.